The van der Waals surface area contributed by atoms with E-state index in [-0.39, 0.29) is 11.7 Å². The quantitative estimate of drug-likeness (QED) is 0.448. The van der Waals surface area contributed by atoms with Gasteiger partial charge in [-0.3, -0.25) is 9.59 Å². The van der Waals surface area contributed by atoms with Crippen molar-refractivity contribution in [3.63, 3.8) is 0 Å². The molecular weight excluding hydrogens is 338 g/mol. The third-order valence-corrected chi connectivity index (χ3v) is 5.88. The first-order valence-electron chi connectivity index (χ1n) is 6.82. The zero-order valence-corrected chi connectivity index (χ0v) is 14.9. The summed E-state index contributed by atoms with van der Waals surface area (Å²) < 4.78 is 0.971. The van der Waals surface area contributed by atoms with Crippen molar-refractivity contribution >= 4 is 46.1 Å². The lowest BCUT2D eigenvalue weighted by atomic mass is 10.2. The second kappa shape index (κ2) is 8.40. The molecule has 0 saturated carbocycles. The van der Waals surface area contributed by atoms with Crippen LogP contribution in [0.2, 0.25) is 0 Å². The zero-order chi connectivity index (χ0) is 15.9. The molecule has 0 bridgehead atoms. The molecule has 0 radical (unpaired) electrons. The maximum Gasteiger partial charge on any atom is 0.224 e. The molecule has 1 amide bonds. The van der Waals surface area contributed by atoms with Gasteiger partial charge in [-0.25, -0.2) is 0 Å². The molecule has 2 aromatic rings. The van der Waals surface area contributed by atoms with Crippen LogP contribution in [-0.2, 0) is 11.2 Å². The molecule has 5 nitrogen and oxygen atoms in total. The second-order valence-corrected chi connectivity index (χ2v) is 8.13. The fourth-order valence-corrected chi connectivity index (χ4v) is 4.34. The molecule has 0 aromatic carbocycles. The molecule has 0 aliphatic carbocycles. The van der Waals surface area contributed by atoms with E-state index in [4.69, 9.17) is 0 Å². The van der Waals surface area contributed by atoms with E-state index in [1.807, 2.05) is 12.3 Å². The highest BCUT2D eigenvalue weighted by Gasteiger charge is 2.08. The molecule has 0 saturated heterocycles. The molecule has 2 aromatic heterocycles. The van der Waals surface area contributed by atoms with Gasteiger partial charge in [-0.05, 0) is 37.3 Å². The van der Waals surface area contributed by atoms with Crippen LogP contribution in [0.4, 0.5) is 0 Å². The Balaban J connectivity index is 1.62. The van der Waals surface area contributed by atoms with Gasteiger partial charge in [0.25, 0.3) is 0 Å². The van der Waals surface area contributed by atoms with Gasteiger partial charge in [0.15, 0.2) is 10.1 Å². The third kappa shape index (κ3) is 5.51. The van der Waals surface area contributed by atoms with Crippen molar-refractivity contribution in [2.45, 2.75) is 31.0 Å². The number of Topliss-reactive ketones (excluding diaryl/α,β-unsaturated/α-hetero) is 1. The fraction of sp³-hybridized carbons (Fsp3) is 0.429. The molecule has 2 rings (SSSR count). The molecule has 1 N–H and O–H groups in total. The van der Waals surface area contributed by atoms with Gasteiger partial charge < -0.3 is 5.32 Å². The average Bonchev–Trinajstić information content (AvgIpc) is 3.08. The highest BCUT2D eigenvalue weighted by Crippen LogP contribution is 2.22. The Labute approximate surface area is 141 Å². The van der Waals surface area contributed by atoms with E-state index >= 15 is 0 Å². The van der Waals surface area contributed by atoms with Crippen molar-refractivity contribution in [1.82, 2.24) is 15.5 Å². The van der Waals surface area contributed by atoms with Gasteiger partial charge in [0.05, 0.1) is 11.3 Å². The Morgan fingerprint density at radius 3 is 2.82 bits per heavy atom. The van der Waals surface area contributed by atoms with Gasteiger partial charge in [-0.1, -0.05) is 23.1 Å². The Morgan fingerprint density at radius 2 is 2.18 bits per heavy atom. The topological polar surface area (TPSA) is 72.0 Å². The lowest BCUT2D eigenvalue weighted by Gasteiger charge is -2.03. The molecule has 0 fully saturated rings. The molecule has 0 aliphatic heterocycles. The van der Waals surface area contributed by atoms with Gasteiger partial charge in [0.2, 0.25) is 5.91 Å². The molecule has 0 spiro atoms. The Kier molecular flexibility index (Phi) is 6.53. The number of ketones is 1. The molecule has 0 unspecified atom stereocenters. The molecule has 2 heterocycles. The average molecular weight is 356 g/mol. The van der Waals surface area contributed by atoms with Crippen LogP contribution in [0.25, 0.3) is 0 Å². The number of hydrogen-bond donors (Lipinski definition) is 1. The van der Waals surface area contributed by atoms with Crippen molar-refractivity contribution in [1.29, 1.82) is 0 Å². The van der Waals surface area contributed by atoms with Gasteiger partial charge >= 0.3 is 0 Å². The largest absolute Gasteiger partial charge is 0.356 e. The Hall–Kier alpha value is -1.25. The number of carbonyl (C=O) groups is 2. The SMILES string of the molecule is CC(=O)c1cc(CC(=O)NCCCSc2nnc(C)s2)cs1. The standard InChI is InChI=1S/C14H17N3O2S3/c1-9(18)12-6-11(8-21-12)7-13(19)15-4-3-5-20-14-17-16-10(2)22-14/h6,8H,3-5,7H2,1-2H3,(H,15,19). The Bertz CT molecular complexity index is 651. The van der Waals surface area contributed by atoms with E-state index < -0.39 is 0 Å². The first kappa shape index (κ1) is 17.1. The summed E-state index contributed by atoms with van der Waals surface area (Å²) >= 11 is 4.63. The molecule has 22 heavy (non-hydrogen) atoms. The van der Waals surface area contributed by atoms with E-state index in [1.54, 1.807) is 29.2 Å². The summed E-state index contributed by atoms with van der Waals surface area (Å²) in [5, 5.41) is 13.7. The van der Waals surface area contributed by atoms with Crippen molar-refractivity contribution in [3.05, 3.63) is 26.9 Å². The number of nitrogens with zero attached hydrogens (tertiary/aromatic N) is 2. The van der Waals surface area contributed by atoms with E-state index in [9.17, 15) is 9.59 Å². The number of nitrogens with one attached hydrogen (secondary N) is 1. The number of rotatable bonds is 8. The number of aryl methyl sites for hydroxylation is 1. The number of hydrogen-bond acceptors (Lipinski definition) is 7. The minimum Gasteiger partial charge on any atom is -0.356 e. The van der Waals surface area contributed by atoms with E-state index in [2.05, 4.69) is 15.5 Å². The lowest BCUT2D eigenvalue weighted by Crippen LogP contribution is -2.26. The highest BCUT2D eigenvalue weighted by molar-refractivity contribution is 8.01. The van der Waals surface area contributed by atoms with E-state index in [1.165, 1.54) is 18.3 Å². The molecule has 0 atom stereocenters. The number of amides is 1. The monoisotopic (exact) mass is 355 g/mol. The summed E-state index contributed by atoms with van der Waals surface area (Å²) in [6, 6.07) is 1.79. The highest BCUT2D eigenvalue weighted by atomic mass is 32.2. The number of aromatic nitrogens is 2. The smallest absolute Gasteiger partial charge is 0.224 e. The summed E-state index contributed by atoms with van der Waals surface area (Å²) in [6.45, 7) is 4.12. The maximum atomic E-state index is 11.8. The third-order valence-electron chi connectivity index (χ3n) is 2.74. The van der Waals surface area contributed by atoms with Crippen molar-refractivity contribution < 1.29 is 9.59 Å². The summed E-state index contributed by atoms with van der Waals surface area (Å²) in [6.07, 6.45) is 1.21. The van der Waals surface area contributed by atoms with E-state index in [0.29, 0.717) is 17.8 Å². The normalized spacial score (nSPS) is 10.6. The van der Waals surface area contributed by atoms with Crippen LogP contribution < -0.4 is 5.32 Å². The van der Waals surface area contributed by atoms with Crippen LogP contribution in [0.3, 0.4) is 0 Å². The first-order chi connectivity index (χ1) is 10.5. The zero-order valence-electron chi connectivity index (χ0n) is 12.4. The molecular formula is C14H17N3O2S3. The van der Waals surface area contributed by atoms with E-state index in [0.717, 1.165) is 27.1 Å². The molecule has 8 heteroatoms. The number of thiophene rings is 1. The molecule has 118 valence electrons. The van der Waals surface area contributed by atoms with Crippen LogP contribution in [0.5, 0.6) is 0 Å². The predicted octanol–water partition coefficient (Wildman–Crippen LogP) is 2.95. The maximum absolute atomic E-state index is 11.8. The summed E-state index contributed by atoms with van der Waals surface area (Å²) in [4.78, 5) is 23.7. The van der Waals surface area contributed by atoms with Gasteiger partial charge in [0, 0.05) is 12.3 Å². The van der Waals surface area contributed by atoms with Crippen molar-refractivity contribution in [3.8, 4) is 0 Å². The fourth-order valence-electron chi connectivity index (χ4n) is 1.70. The van der Waals surface area contributed by atoms with Gasteiger partial charge in [0.1, 0.15) is 5.01 Å². The number of carbonyl (C=O) groups excluding carboxylic acids is 2. The van der Waals surface area contributed by atoms with Crippen LogP contribution in [0, 0.1) is 6.92 Å². The molecule has 0 aliphatic rings. The predicted molar refractivity (Wildman–Crippen MR) is 91.0 cm³/mol. The van der Waals surface area contributed by atoms with Gasteiger partial charge in [-0.2, -0.15) is 0 Å². The minimum atomic E-state index is -0.00957. The summed E-state index contributed by atoms with van der Waals surface area (Å²) in [5.74, 6) is 0.937. The summed E-state index contributed by atoms with van der Waals surface area (Å²) in [7, 11) is 0. The lowest BCUT2D eigenvalue weighted by molar-refractivity contribution is -0.120. The summed E-state index contributed by atoms with van der Waals surface area (Å²) in [5.41, 5.74) is 0.895. The first-order valence-corrected chi connectivity index (χ1v) is 9.50. The Morgan fingerprint density at radius 1 is 1.36 bits per heavy atom. The number of thioether (sulfide) groups is 1. The van der Waals surface area contributed by atoms with Crippen LogP contribution in [-0.4, -0.2) is 34.2 Å². The van der Waals surface area contributed by atoms with Crippen LogP contribution in [0.15, 0.2) is 15.8 Å². The van der Waals surface area contributed by atoms with Gasteiger partial charge in [-0.15, -0.1) is 21.5 Å². The van der Waals surface area contributed by atoms with Crippen molar-refractivity contribution in [2.75, 3.05) is 12.3 Å². The van der Waals surface area contributed by atoms with Crippen LogP contribution in [0.1, 0.15) is 33.6 Å². The minimum absolute atomic E-state index is 0.00957. The van der Waals surface area contributed by atoms with Crippen LogP contribution >= 0.6 is 34.4 Å². The second-order valence-electron chi connectivity index (χ2n) is 4.69. The van der Waals surface area contributed by atoms with Crippen molar-refractivity contribution in [2.24, 2.45) is 0 Å².